The minimum atomic E-state index is -0.656. The molecule has 0 bridgehead atoms. The summed E-state index contributed by atoms with van der Waals surface area (Å²) in [6.07, 6.45) is 7.38. The van der Waals surface area contributed by atoms with Crippen LogP contribution in [0.5, 0.6) is 0 Å². The number of nitrogens with one attached hydrogen (secondary N) is 2. The number of carbonyl (C=O) groups excluding carboxylic acids is 1. The lowest BCUT2D eigenvalue weighted by molar-refractivity contribution is -0.121. The van der Waals surface area contributed by atoms with E-state index in [4.69, 9.17) is 0 Å². The van der Waals surface area contributed by atoms with Gasteiger partial charge < -0.3 is 10.3 Å². The maximum Gasteiger partial charge on any atom is 0.225 e. The summed E-state index contributed by atoms with van der Waals surface area (Å²) >= 11 is 0. The van der Waals surface area contributed by atoms with Crippen molar-refractivity contribution in [2.45, 2.75) is 25.3 Å². The van der Waals surface area contributed by atoms with Crippen molar-refractivity contribution < 1.29 is 18.0 Å². The quantitative estimate of drug-likeness (QED) is 0.272. The molecule has 3 heterocycles. The highest BCUT2D eigenvalue weighted by Gasteiger charge is 2.21. The van der Waals surface area contributed by atoms with Gasteiger partial charge in [0.05, 0.1) is 18.2 Å². The van der Waals surface area contributed by atoms with Crippen LogP contribution < -0.4 is 5.32 Å². The molecule has 0 saturated carbocycles. The first kappa shape index (κ1) is 24.2. The van der Waals surface area contributed by atoms with Crippen LogP contribution in [0.15, 0.2) is 85.5 Å². The minimum Gasteiger partial charge on any atom is -0.361 e. The number of aromatic nitrogens is 3. The molecular weight excluding hydrogens is 477 g/mol. The fraction of sp³-hybridized carbons (Fsp3) is 0.138. The average molecular weight is 501 g/mol. The summed E-state index contributed by atoms with van der Waals surface area (Å²) in [5.74, 6) is -1.99. The van der Waals surface area contributed by atoms with Gasteiger partial charge in [-0.05, 0) is 66.4 Å². The van der Waals surface area contributed by atoms with Gasteiger partial charge >= 0.3 is 0 Å². The van der Waals surface area contributed by atoms with Gasteiger partial charge in [0.25, 0.3) is 0 Å². The number of halogens is 3. The second-order valence-electron chi connectivity index (χ2n) is 8.79. The van der Waals surface area contributed by atoms with Crippen molar-refractivity contribution in [2.75, 3.05) is 0 Å². The number of amides is 1. The van der Waals surface area contributed by atoms with Crippen molar-refractivity contribution in [3.8, 4) is 11.1 Å². The number of H-pyrrole nitrogens is 1. The van der Waals surface area contributed by atoms with Crippen molar-refractivity contribution in [1.29, 1.82) is 0 Å². The Morgan fingerprint density at radius 3 is 2.54 bits per heavy atom. The Hall–Kier alpha value is -4.46. The molecule has 0 fully saturated rings. The van der Waals surface area contributed by atoms with Crippen LogP contribution in [0.3, 0.4) is 0 Å². The number of benzene rings is 2. The SMILES string of the molecule is O=C(Cc1c[nH]c2ccc(F)cc12)NC(CCc1cc(F)cc(F)c1)c1ncccc1-c1cccnc1. The molecule has 186 valence electrons. The Balaban J connectivity index is 1.44. The molecule has 0 spiro atoms. The number of nitrogens with zero attached hydrogens (tertiary/aromatic N) is 2. The predicted molar refractivity (Wildman–Crippen MR) is 135 cm³/mol. The number of hydrogen-bond acceptors (Lipinski definition) is 3. The lowest BCUT2D eigenvalue weighted by Gasteiger charge is -2.21. The standard InChI is InChI=1S/C29H23F3N4O/c30-21-6-8-26-25(15-21)20(17-35-26)13-28(37)36-27(7-5-18-11-22(31)14-23(32)12-18)29-24(4-2-10-34-29)19-3-1-9-33-16-19/h1-4,6,8-12,14-17,27,35H,5,7,13H2,(H,36,37). The third-order valence-corrected chi connectivity index (χ3v) is 6.20. The maximum absolute atomic E-state index is 13.8. The third kappa shape index (κ3) is 5.69. The second kappa shape index (κ2) is 10.7. The van der Waals surface area contributed by atoms with Gasteiger partial charge in [0.15, 0.2) is 0 Å². The number of aryl methyl sites for hydroxylation is 1. The zero-order valence-corrected chi connectivity index (χ0v) is 19.7. The maximum atomic E-state index is 13.8. The van der Waals surface area contributed by atoms with Gasteiger partial charge in [-0.3, -0.25) is 14.8 Å². The highest BCUT2D eigenvalue weighted by atomic mass is 19.1. The molecule has 1 atom stereocenters. The molecular formula is C29H23F3N4O. The molecule has 0 aliphatic rings. The predicted octanol–water partition coefficient (Wildman–Crippen LogP) is 6.08. The van der Waals surface area contributed by atoms with Gasteiger partial charge in [-0.25, -0.2) is 13.2 Å². The highest BCUT2D eigenvalue weighted by molar-refractivity contribution is 5.89. The molecule has 5 aromatic rings. The molecule has 0 saturated heterocycles. The van der Waals surface area contributed by atoms with Gasteiger partial charge in [-0.2, -0.15) is 0 Å². The van der Waals surface area contributed by atoms with Crippen LogP contribution >= 0.6 is 0 Å². The summed E-state index contributed by atoms with van der Waals surface area (Å²) in [4.78, 5) is 25.0. The van der Waals surface area contributed by atoms with Crippen LogP contribution in [-0.4, -0.2) is 20.9 Å². The summed E-state index contributed by atoms with van der Waals surface area (Å²) in [7, 11) is 0. The Morgan fingerprint density at radius 1 is 0.946 bits per heavy atom. The fourth-order valence-corrected chi connectivity index (χ4v) is 4.52. The number of aromatic amines is 1. The molecule has 5 nitrogen and oxygen atoms in total. The summed E-state index contributed by atoms with van der Waals surface area (Å²) in [5.41, 5.74) is 4.10. The average Bonchev–Trinajstić information content (AvgIpc) is 3.28. The number of pyridine rings is 2. The summed E-state index contributed by atoms with van der Waals surface area (Å²) in [5, 5.41) is 3.68. The minimum absolute atomic E-state index is 0.0175. The van der Waals surface area contributed by atoms with Crippen LogP contribution in [0.4, 0.5) is 13.2 Å². The van der Waals surface area contributed by atoms with E-state index in [0.717, 1.165) is 22.7 Å². The number of rotatable bonds is 8. The van der Waals surface area contributed by atoms with Gasteiger partial charge in [0, 0.05) is 52.9 Å². The van der Waals surface area contributed by atoms with E-state index in [0.29, 0.717) is 35.0 Å². The van der Waals surface area contributed by atoms with Crippen LogP contribution in [0.2, 0.25) is 0 Å². The van der Waals surface area contributed by atoms with Gasteiger partial charge in [0.2, 0.25) is 5.91 Å². The zero-order valence-electron chi connectivity index (χ0n) is 19.7. The van der Waals surface area contributed by atoms with Crippen LogP contribution in [0.1, 0.15) is 29.3 Å². The third-order valence-electron chi connectivity index (χ3n) is 6.20. The molecule has 0 aliphatic heterocycles. The van der Waals surface area contributed by atoms with Crippen molar-refractivity contribution in [1.82, 2.24) is 20.3 Å². The Kier molecular flexibility index (Phi) is 6.98. The van der Waals surface area contributed by atoms with E-state index < -0.39 is 17.7 Å². The molecule has 8 heteroatoms. The number of hydrogen-bond donors (Lipinski definition) is 2. The van der Waals surface area contributed by atoms with E-state index in [9.17, 15) is 18.0 Å². The molecule has 1 unspecified atom stereocenters. The van der Waals surface area contributed by atoms with Crippen LogP contribution in [-0.2, 0) is 17.6 Å². The van der Waals surface area contributed by atoms with E-state index in [1.165, 1.54) is 24.3 Å². The zero-order chi connectivity index (χ0) is 25.8. The lowest BCUT2D eigenvalue weighted by Crippen LogP contribution is -2.31. The Labute approximate surface area is 211 Å². The molecule has 0 aliphatic carbocycles. The van der Waals surface area contributed by atoms with Crippen molar-refractivity contribution >= 4 is 16.8 Å². The van der Waals surface area contributed by atoms with E-state index in [1.807, 2.05) is 18.2 Å². The Morgan fingerprint density at radius 2 is 1.76 bits per heavy atom. The fourth-order valence-electron chi connectivity index (χ4n) is 4.52. The highest BCUT2D eigenvalue weighted by Crippen LogP contribution is 2.29. The summed E-state index contributed by atoms with van der Waals surface area (Å²) in [6.45, 7) is 0. The van der Waals surface area contributed by atoms with E-state index in [1.54, 1.807) is 36.9 Å². The second-order valence-corrected chi connectivity index (χ2v) is 8.79. The first-order chi connectivity index (χ1) is 18.0. The van der Waals surface area contributed by atoms with E-state index >= 15 is 0 Å². The van der Waals surface area contributed by atoms with Crippen molar-refractivity contribution in [2.24, 2.45) is 0 Å². The normalized spacial score (nSPS) is 12.0. The Bertz CT molecular complexity index is 1530. The largest absolute Gasteiger partial charge is 0.361 e. The molecule has 37 heavy (non-hydrogen) atoms. The van der Waals surface area contributed by atoms with E-state index in [2.05, 4.69) is 20.3 Å². The number of fused-ring (bicyclic) bond motifs is 1. The number of carbonyl (C=O) groups is 1. The van der Waals surface area contributed by atoms with Crippen LogP contribution in [0, 0.1) is 17.5 Å². The van der Waals surface area contributed by atoms with E-state index in [-0.39, 0.29) is 18.1 Å². The summed E-state index contributed by atoms with van der Waals surface area (Å²) < 4.78 is 41.4. The molecule has 3 aromatic heterocycles. The molecule has 5 rings (SSSR count). The van der Waals surface area contributed by atoms with Gasteiger partial charge in [-0.1, -0.05) is 12.1 Å². The van der Waals surface area contributed by atoms with Crippen LogP contribution in [0.25, 0.3) is 22.0 Å². The van der Waals surface area contributed by atoms with Crippen molar-refractivity contribution in [3.63, 3.8) is 0 Å². The smallest absolute Gasteiger partial charge is 0.225 e. The molecule has 1 amide bonds. The monoisotopic (exact) mass is 500 g/mol. The van der Waals surface area contributed by atoms with Gasteiger partial charge in [0.1, 0.15) is 17.5 Å². The van der Waals surface area contributed by atoms with Crippen molar-refractivity contribution in [3.05, 3.63) is 120 Å². The van der Waals surface area contributed by atoms with Gasteiger partial charge in [-0.15, -0.1) is 0 Å². The molecule has 0 radical (unpaired) electrons. The molecule has 2 N–H and O–H groups in total. The topological polar surface area (TPSA) is 70.7 Å². The first-order valence-corrected chi connectivity index (χ1v) is 11.8. The first-order valence-electron chi connectivity index (χ1n) is 11.8. The lowest BCUT2D eigenvalue weighted by atomic mass is 9.96. The molecule has 2 aromatic carbocycles. The summed E-state index contributed by atoms with van der Waals surface area (Å²) in [6, 6.07) is 14.6.